The first-order valence-electron chi connectivity index (χ1n) is 11.1. The van der Waals surface area contributed by atoms with Crippen molar-refractivity contribution in [2.45, 2.75) is 0 Å². The number of carbonyl (C=O) groups excluding carboxylic acids is 1. The van der Waals surface area contributed by atoms with Crippen molar-refractivity contribution in [3.05, 3.63) is 126 Å². The average molecular weight is 449 g/mol. The summed E-state index contributed by atoms with van der Waals surface area (Å²) in [5.41, 5.74) is 4.00. The zero-order valence-corrected chi connectivity index (χ0v) is 19.2. The molecule has 4 rings (SSSR count). The summed E-state index contributed by atoms with van der Waals surface area (Å²) < 4.78 is 20.5. The maximum absolute atomic E-state index is 14.1. The highest BCUT2D eigenvalue weighted by Gasteiger charge is 2.25. The van der Waals surface area contributed by atoms with Crippen LogP contribution in [0.25, 0.3) is 6.08 Å². The molecule has 4 aromatic rings. The van der Waals surface area contributed by atoms with E-state index in [0.29, 0.717) is 5.75 Å². The first-order chi connectivity index (χ1) is 16.5. The number of carbonyl (C=O) groups is 1. The van der Waals surface area contributed by atoms with Gasteiger partial charge in [-0.05, 0) is 52.9 Å². The van der Waals surface area contributed by atoms with Gasteiger partial charge < -0.3 is 9.55 Å². The molecule has 0 bridgehead atoms. The lowest BCUT2D eigenvalue weighted by molar-refractivity contribution is 0.104. The molecule has 0 atom stereocenters. The lowest BCUT2D eigenvalue weighted by Crippen LogP contribution is -2.47. The molecule has 0 aromatic heterocycles. The van der Waals surface area contributed by atoms with Gasteiger partial charge in [0, 0.05) is 19.8 Å². The fourth-order valence-electron chi connectivity index (χ4n) is 3.65. The number of nitrogens with zero attached hydrogens (tertiary/aromatic N) is 1. The second-order valence-electron chi connectivity index (χ2n) is 8.14. The second-order valence-corrected chi connectivity index (χ2v) is 8.14. The normalized spacial score (nSPS) is 10.8. The van der Waals surface area contributed by atoms with Gasteiger partial charge in [-0.3, -0.25) is 4.79 Å². The molecule has 0 N–H and O–H groups in total. The minimum Gasteiger partial charge on any atom is -0.551 e. The van der Waals surface area contributed by atoms with E-state index in [2.05, 4.69) is 0 Å². The van der Waals surface area contributed by atoms with Gasteiger partial charge in [0.15, 0.2) is 5.78 Å². The van der Waals surface area contributed by atoms with Crippen molar-refractivity contribution in [1.82, 2.24) is 0 Å². The van der Waals surface area contributed by atoms with Crippen molar-refractivity contribution in [2.24, 2.45) is 0 Å². The third-order valence-corrected chi connectivity index (χ3v) is 5.49. The zero-order valence-electron chi connectivity index (χ0n) is 19.2. The topological polar surface area (TPSA) is 29.5 Å². The maximum Gasteiger partial charge on any atom is 0.426 e. The van der Waals surface area contributed by atoms with E-state index in [1.807, 2.05) is 104 Å². The van der Waals surface area contributed by atoms with Crippen LogP contribution in [-0.4, -0.2) is 26.8 Å². The van der Waals surface area contributed by atoms with E-state index in [9.17, 15) is 9.18 Å². The molecule has 0 saturated carbocycles. The Morgan fingerprint density at radius 3 is 1.97 bits per heavy atom. The van der Waals surface area contributed by atoms with Gasteiger partial charge in [0.1, 0.15) is 11.6 Å². The number of hydrogen-bond acceptors (Lipinski definition) is 3. The minimum absolute atomic E-state index is 0.179. The van der Waals surface area contributed by atoms with Crippen molar-refractivity contribution in [3.63, 3.8) is 0 Å². The van der Waals surface area contributed by atoms with Crippen molar-refractivity contribution >= 4 is 35.4 Å². The van der Waals surface area contributed by atoms with Crippen molar-refractivity contribution in [2.75, 3.05) is 19.0 Å². The first kappa shape index (κ1) is 23.1. The van der Waals surface area contributed by atoms with Crippen molar-refractivity contribution < 1.29 is 13.8 Å². The summed E-state index contributed by atoms with van der Waals surface area (Å²) in [5.74, 6) is -0.488. The van der Waals surface area contributed by atoms with Gasteiger partial charge in [0.05, 0.1) is 5.56 Å². The summed E-state index contributed by atoms with van der Waals surface area (Å²) in [6.45, 7) is -0.443. The summed E-state index contributed by atoms with van der Waals surface area (Å²) in [6, 6.07) is 31.4. The Bertz CT molecular complexity index is 1230. The molecule has 4 aromatic carbocycles. The molecule has 0 unspecified atom stereocenters. The van der Waals surface area contributed by atoms with E-state index >= 15 is 0 Å². The van der Waals surface area contributed by atoms with E-state index in [0.717, 1.165) is 22.2 Å². The lowest BCUT2D eigenvalue weighted by Gasteiger charge is -2.18. The van der Waals surface area contributed by atoms with Gasteiger partial charge >= 0.3 is 6.92 Å². The molecule has 0 fully saturated rings. The summed E-state index contributed by atoms with van der Waals surface area (Å²) >= 11 is 0. The Kier molecular flexibility index (Phi) is 7.23. The molecule has 168 valence electrons. The third kappa shape index (κ3) is 5.62. The number of halogens is 1. The highest BCUT2D eigenvalue weighted by Crippen LogP contribution is 2.22. The molecule has 0 aliphatic rings. The molecule has 0 saturated heterocycles. The Labute approximate surface area is 200 Å². The molecular formula is C29H25BFNO2. The molecule has 5 heteroatoms. The van der Waals surface area contributed by atoms with E-state index in [4.69, 9.17) is 4.65 Å². The van der Waals surface area contributed by atoms with E-state index < -0.39 is 12.7 Å². The van der Waals surface area contributed by atoms with Crippen LogP contribution in [-0.2, 0) is 0 Å². The van der Waals surface area contributed by atoms with Gasteiger partial charge in [-0.15, -0.1) is 0 Å². The summed E-state index contributed by atoms with van der Waals surface area (Å²) in [4.78, 5) is 15.1. The van der Waals surface area contributed by atoms with Crippen LogP contribution in [0.3, 0.4) is 0 Å². The molecule has 0 radical (unpaired) electrons. The largest absolute Gasteiger partial charge is 0.551 e. The standard InChI is InChI=1S/C29H25BFNO2/c1-32(2)26-17-13-22(14-18-26)15-19-28(33)27-21-25(31)16-20-29(27)34-30(23-9-5-3-6-10-23)24-11-7-4-8-12-24/h3-21H,1-2H3/b19-15+. The molecule has 0 amide bonds. The Morgan fingerprint density at radius 1 is 0.824 bits per heavy atom. The number of rotatable bonds is 8. The first-order valence-corrected chi connectivity index (χ1v) is 11.1. The molecule has 0 aliphatic heterocycles. The van der Waals surface area contributed by atoms with Gasteiger partial charge in [-0.2, -0.15) is 0 Å². The number of allylic oxidation sites excluding steroid dienone is 1. The maximum atomic E-state index is 14.1. The van der Waals surface area contributed by atoms with Gasteiger partial charge in [0.25, 0.3) is 0 Å². The Morgan fingerprint density at radius 2 is 1.41 bits per heavy atom. The molecule has 0 aliphatic carbocycles. The van der Waals surface area contributed by atoms with E-state index in [-0.39, 0.29) is 11.3 Å². The van der Waals surface area contributed by atoms with E-state index in [1.165, 1.54) is 24.3 Å². The van der Waals surface area contributed by atoms with Crippen LogP contribution in [0.4, 0.5) is 10.1 Å². The van der Waals surface area contributed by atoms with Crippen LogP contribution in [0.5, 0.6) is 5.75 Å². The van der Waals surface area contributed by atoms with Crippen LogP contribution in [0.2, 0.25) is 0 Å². The predicted octanol–water partition coefficient (Wildman–Crippen LogP) is 4.97. The molecule has 34 heavy (non-hydrogen) atoms. The van der Waals surface area contributed by atoms with Crippen LogP contribution in [0.1, 0.15) is 15.9 Å². The molecule has 3 nitrogen and oxygen atoms in total. The quantitative estimate of drug-likeness (QED) is 0.216. The highest BCUT2D eigenvalue weighted by atomic mass is 19.1. The summed E-state index contributed by atoms with van der Waals surface area (Å²) in [7, 11) is 3.94. The number of benzene rings is 4. The monoisotopic (exact) mass is 449 g/mol. The number of ketones is 1. The second kappa shape index (κ2) is 10.7. The highest BCUT2D eigenvalue weighted by molar-refractivity contribution is 6.80. The Hall–Kier alpha value is -4.12. The van der Waals surface area contributed by atoms with Crippen LogP contribution in [0.15, 0.2) is 109 Å². The number of hydrogen-bond donors (Lipinski definition) is 0. The smallest absolute Gasteiger partial charge is 0.426 e. The average Bonchev–Trinajstić information content (AvgIpc) is 2.87. The third-order valence-electron chi connectivity index (χ3n) is 5.49. The Balaban J connectivity index is 1.64. The van der Waals surface area contributed by atoms with Crippen molar-refractivity contribution in [1.29, 1.82) is 0 Å². The van der Waals surface area contributed by atoms with Crippen LogP contribution < -0.4 is 20.5 Å². The zero-order chi connectivity index (χ0) is 23.9. The van der Waals surface area contributed by atoms with Gasteiger partial charge in [0.2, 0.25) is 0 Å². The summed E-state index contributed by atoms with van der Waals surface area (Å²) in [5, 5.41) is 0. The predicted molar refractivity (Wildman–Crippen MR) is 139 cm³/mol. The van der Waals surface area contributed by atoms with Crippen molar-refractivity contribution in [3.8, 4) is 5.75 Å². The molecule has 0 heterocycles. The molecular weight excluding hydrogens is 424 g/mol. The molecule has 0 spiro atoms. The van der Waals surface area contributed by atoms with Gasteiger partial charge in [-0.25, -0.2) is 4.39 Å². The van der Waals surface area contributed by atoms with Gasteiger partial charge in [-0.1, -0.05) is 78.9 Å². The fraction of sp³-hybridized carbons (Fsp3) is 0.0690. The van der Waals surface area contributed by atoms with Crippen LogP contribution in [0, 0.1) is 5.82 Å². The minimum atomic E-state index is -0.490. The fourth-order valence-corrected chi connectivity index (χ4v) is 3.65. The number of anilines is 1. The van der Waals surface area contributed by atoms with Crippen LogP contribution >= 0.6 is 0 Å². The SMILES string of the molecule is CN(C)c1ccc(/C=C/C(=O)c2cc(F)ccc2OB(c2ccccc2)c2ccccc2)cc1. The van der Waals surface area contributed by atoms with E-state index in [1.54, 1.807) is 6.08 Å². The lowest BCUT2D eigenvalue weighted by atomic mass is 9.55. The summed E-state index contributed by atoms with van der Waals surface area (Å²) in [6.07, 6.45) is 3.18.